The van der Waals surface area contributed by atoms with Crippen LogP contribution in [0.5, 0.6) is 11.5 Å². The smallest absolute Gasteiger partial charge is 0.337 e. The molecule has 0 aliphatic carbocycles. The molecule has 4 N–H and O–H groups in total. The van der Waals surface area contributed by atoms with Gasteiger partial charge in [-0.2, -0.15) is 0 Å². The molecule has 3 aromatic carbocycles. The Morgan fingerprint density at radius 2 is 1.81 bits per heavy atom. The molecule has 2 atom stereocenters. The number of aryl methyl sites for hydroxylation is 1. The molecule has 0 aromatic heterocycles. The van der Waals surface area contributed by atoms with Crippen LogP contribution in [-0.4, -0.2) is 54.6 Å². The Kier molecular flexibility index (Phi) is 9.04. The highest BCUT2D eigenvalue weighted by atomic mass is 16.5. The van der Waals surface area contributed by atoms with Crippen LogP contribution in [0.2, 0.25) is 0 Å². The first-order valence-electron chi connectivity index (χ1n) is 12.9. The summed E-state index contributed by atoms with van der Waals surface area (Å²) in [4.78, 5) is 11.7. The molecule has 0 saturated carbocycles. The number of ether oxygens (including phenoxy) is 2. The largest absolute Gasteiger partial charge is 0.491 e. The van der Waals surface area contributed by atoms with Crippen LogP contribution in [0.3, 0.4) is 0 Å². The van der Waals surface area contributed by atoms with E-state index in [-0.39, 0.29) is 18.3 Å². The van der Waals surface area contributed by atoms with Gasteiger partial charge in [-0.15, -0.1) is 0 Å². The van der Waals surface area contributed by atoms with Crippen molar-refractivity contribution in [2.45, 2.75) is 38.9 Å². The van der Waals surface area contributed by atoms with Crippen molar-refractivity contribution in [3.05, 3.63) is 77.9 Å². The van der Waals surface area contributed by atoms with Crippen molar-refractivity contribution in [1.82, 2.24) is 5.32 Å². The van der Waals surface area contributed by atoms with Crippen LogP contribution in [0.4, 0.5) is 5.69 Å². The Balaban J connectivity index is 1.32. The average molecular weight is 505 g/mol. The van der Waals surface area contributed by atoms with Gasteiger partial charge in [0.25, 0.3) is 0 Å². The molecule has 3 aromatic rings. The molecule has 37 heavy (non-hydrogen) atoms. The summed E-state index contributed by atoms with van der Waals surface area (Å²) in [6, 6.07) is 21.0. The monoisotopic (exact) mass is 504 g/mol. The van der Waals surface area contributed by atoms with Gasteiger partial charge >= 0.3 is 5.97 Å². The number of benzene rings is 3. The van der Waals surface area contributed by atoms with Gasteiger partial charge in [0, 0.05) is 25.3 Å². The van der Waals surface area contributed by atoms with E-state index in [1.165, 1.54) is 0 Å². The zero-order chi connectivity index (χ0) is 26.2. The second-order valence-corrected chi connectivity index (χ2v) is 9.88. The molecule has 0 amide bonds. The van der Waals surface area contributed by atoms with Crippen molar-refractivity contribution in [3.8, 4) is 22.6 Å². The minimum atomic E-state index is -0.937. The lowest BCUT2D eigenvalue weighted by Crippen LogP contribution is -2.39. The van der Waals surface area contributed by atoms with Crippen LogP contribution in [0.15, 0.2) is 66.7 Å². The summed E-state index contributed by atoms with van der Waals surface area (Å²) >= 11 is 0. The van der Waals surface area contributed by atoms with Crippen LogP contribution in [0.1, 0.15) is 36.2 Å². The Morgan fingerprint density at radius 3 is 2.57 bits per heavy atom. The minimum Gasteiger partial charge on any atom is -0.491 e. The number of aliphatic hydroxyl groups is 1. The Bertz CT molecular complexity index is 1180. The van der Waals surface area contributed by atoms with Crippen molar-refractivity contribution in [2.75, 3.05) is 31.6 Å². The van der Waals surface area contributed by atoms with E-state index in [1.54, 1.807) is 6.07 Å². The molecule has 0 unspecified atom stereocenters. The van der Waals surface area contributed by atoms with Crippen LogP contribution >= 0.6 is 0 Å². The average Bonchev–Trinajstić information content (AvgIpc) is 2.90. The first-order chi connectivity index (χ1) is 17.9. The summed E-state index contributed by atoms with van der Waals surface area (Å²) in [5.41, 5.74) is 4.05. The fourth-order valence-electron chi connectivity index (χ4n) is 4.32. The van der Waals surface area contributed by atoms with Gasteiger partial charge in [-0.05, 0) is 71.8 Å². The molecular weight excluding hydrogens is 468 g/mol. The second kappa shape index (κ2) is 12.6. The van der Waals surface area contributed by atoms with Crippen molar-refractivity contribution in [3.63, 3.8) is 0 Å². The van der Waals surface area contributed by atoms with E-state index in [0.29, 0.717) is 31.2 Å². The molecule has 1 aliphatic heterocycles. The minimum absolute atomic E-state index is 0.0299. The summed E-state index contributed by atoms with van der Waals surface area (Å²) in [5, 5.41) is 26.3. The lowest BCUT2D eigenvalue weighted by Gasteiger charge is -2.27. The molecule has 0 spiro atoms. The maximum Gasteiger partial charge on any atom is 0.337 e. The SMILES string of the molecule is CC(C)CNc1cc(-c2ccc3c(c2)CC[C@H](CNC[C@H](O)COc2ccccc2)O3)ccc1C(=O)O. The lowest BCUT2D eigenvalue weighted by atomic mass is 9.96. The van der Waals surface area contributed by atoms with Gasteiger partial charge in [0.05, 0.1) is 5.56 Å². The molecule has 0 saturated heterocycles. The number of hydrogen-bond donors (Lipinski definition) is 4. The van der Waals surface area contributed by atoms with Gasteiger partial charge in [-0.3, -0.25) is 0 Å². The van der Waals surface area contributed by atoms with Gasteiger partial charge in [0.2, 0.25) is 0 Å². The van der Waals surface area contributed by atoms with E-state index in [4.69, 9.17) is 9.47 Å². The number of carboxylic acids is 1. The third kappa shape index (κ3) is 7.47. The second-order valence-electron chi connectivity index (χ2n) is 9.88. The third-order valence-corrected chi connectivity index (χ3v) is 6.31. The molecule has 196 valence electrons. The van der Waals surface area contributed by atoms with Gasteiger partial charge < -0.3 is 30.3 Å². The van der Waals surface area contributed by atoms with E-state index >= 15 is 0 Å². The zero-order valence-electron chi connectivity index (χ0n) is 21.4. The van der Waals surface area contributed by atoms with Crippen molar-refractivity contribution >= 4 is 11.7 Å². The van der Waals surface area contributed by atoms with E-state index in [1.807, 2.05) is 54.6 Å². The summed E-state index contributed by atoms with van der Waals surface area (Å²) in [6.07, 6.45) is 1.19. The number of hydrogen-bond acceptors (Lipinski definition) is 6. The molecular formula is C30H36N2O5. The molecule has 4 rings (SSSR count). The number of anilines is 1. The quantitative estimate of drug-likeness (QED) is 0.280. The first-order valence-corrected chi connectivity index (χ1v) is 12.9. The molecule has 7 nitrogen and oxygen atoms in total. The predicted molar refractivity (Wildman–Crippen MR) is 146 cm³/mol. The third-order valence-electron chi connectivity index (χ3n) is 6.31. The number of fused-ring (bicyclic) bond motifs is 1. The van der Waals surface area contributed by atoms with Crippen molar-refractivity contribution in [2.24, 2.45) is 5.92 Å². The normalized spacial score (nSPS) is 15.5. The molecule has 7 heteroatoms. The van der Waals surface area contributed by atoms with E-state index in [9.17, 15) is 15.0 Å². The van der Waals surface area contributed by atoms with Crippen LogP contribution in [0.25, 0.3) is 11.1 Å². The number of aliphatic hydroxyl groups excluding tert-OH is 1. The van der Waals surface area contributed by atoms with Gasteiger partial charge in [-0.25, -0.2) is 4.79 Å². The van der Waals surface area contributed by atoms with Crippen LogP contribution in [-0.2, 0) is 6.42 Å². The van der Waals surface area contributed by atoms with Gasteiger partial charge in [0.1, 0.15) is 30.3 Å². The Morgan fingerprint density at radius 1 is 1.05 bits per heavy atom. The Labute approximate surface area is 218 Å². The predicted octanol–water partition coefficient (Wildman–Crippen LogP) is 4.84. The van der Waals surface area contributed by atoms with Crippen molar-refractivity contribution in [1.29, 1.82) is 0 Å². The van der Waals surface area contributed by atoms with Crippen molar-refractivity contribution < 1.29 is 24.5 Å². The van der Waals surface area contributed by atoms with Crippen LogP contribution < -0.4 is 20.1 Å². The highest BCUT2D eigenvalue weighted by Gasteiger charge is 2.21. The Hall–Kier alpha value is -3.55. The maximum atomic E-state index is 11.7. The summed E-state index contributed by atoms with van der Waals surface area (Å²) in [7, 11) is 0. The zero-order valence-corrected chi connectivity index (χ0v) is 21.4. The number of aromatic carboxylic acids is 1. The number of carbonyl (C=O) groups is 1. The van der Waals surface area contributed by atoms with E-state index in [0.717, 1.165) is 41.0 Å². The topological polar surface area (TPSA) is 100 Å². The van der Waals surface area contributed by atoms with E-state index in [2.05, 4.69) is 30.5 Å². The molecule has 0 fully saturated rings. The fraction of sp³-hybridized carbons (Fsp3) is 0.367. The molecule has 1 heterocycles. The summed E-state index contributed by atoms with van der Waals surface area (Å²) < 4.78 is 11.8. The molecule has 0 radical (unpaired) electrons. The first kappa shape index (κ1) is 26.5. The number of nitrogens with one attached hydrogen (secondary N) is 2. The van der Waals surface area contributed by atoms with Gasteiger partial charge in [-0.1, -0.05) is 44.2 Å². The number of carboxylic acid groups (broad SMARTS) is 1. The lowest BCUT2D eigenvalue weighted by molar-refractivity contribution is 0.0698. The fourth-order valence-corrected chi connectivity index (χ4v) is 4.32. The molecule has 1 aliphatic rings. The number of para-hydroxylation sites is 1. The highest BCUT2D eigenvalue weighted by Crippen LogP contribution is 2.33. The summed E-state index contributed by atoms with van der Waals surface area (Å²) in [5.74, 6) is 1.08. The summed E-state index contributed by atoms with van der Waals surface area (Å²) in [6.45, 7) is 6.19. The number of rotatable bonds is 12. The molecule has 0 bridgehead atoms. The highest BCUT2D eigenvalue weighted by molar-refractivity contribution is 5.95. The van der Waals surface area contributed by atoms with E-state index < -0.39 is 12.1 Å². The van der Waals surface area contributed by atoms with Gasteiger partial charge in [0.15, 0.2) is 0 Å². The maximum absolute atomic E-state index is 11.7. The van der Waals surface area contributed by atoms with Crippen LogP contribution in [0, 0.1) is 5.92 Å². The standard InChI is InChI=1S/C30H36N2O5/c1-20(2)16-32-28-15-22(9-12-27(28)30(34)35)21-10-13-29-23(14-21)8-11-26(37-29)18-31-17-24(33)19-36-25-6-4-3-5-7-25/h3-7,9-10,12-15,20,24,26,31-33H,8,11,16-19H2,1-2H3,(H,34,35)/t24-,26+/m0/s1.